The molecule has 0 radical (unpaired) electrons. The van der Waals surface area contributed by atoms with Crippen molar-refractivity contribution in [3.63, 3.8) is 0 Å². The summed E-state index contributed by atoms with van der Waals surface area (Å²) in [6, 6.07) is 5.51. The molecule has 0 atom stereocenters. The van der Waals surface area contributed by atoms with E-state index >= 15 is 0 Å². The van der Waals surface area contributed by atoms with Gasteiger partial charge in [0.25, 0.3) is 0 Å². The van der Waals surface area contributed by atoms with Crippen LogP contribution < -0.4 is 10.2 Å². The van der Waals surface area contributed by atoms with E-state index in [0.717, 1.165) is 31.4 Å². The molecule has 3 aromatic heterocycles. The summed E-state index contributed by atoms with van der Waals surface area (Å²) in [6.45, 7) is 0.599. The lowest BCUT2D eigenvalue weighted by Gasteiger charge is -2.17. The zero-order valence-corrected chi connectivity index (χ0v) is 16.2. The first-order valence-electron chi connectivity index (χ1n) is 9.73. The predicted octanol–water partition coefficient (Wildman–Crippen LogP) is 2.81. The van der Waals surface area contributed by atoms with Gasteiger partial charge in [0.2, 0.25) is 5.95 Å². The van der Waals surface area contributed by atoms with Gasteiger partial charge in [0.15, 0.2) is 0 Å². The average Bonchev–Trinajstić information content (AvgIpc) is 3.36. The lowest BCUT2D eigenvalue weighted by Crippen LogP contribution is -2.21. The van der Waals surface area contributed by atoms with E-state index in [-0.39, 0.29) is 18.3 Å². The minimum Gasteiger partial charge on any atom is -0.477 e. The van der Waals surface area contributed by atoms with Crippen LogP contribution in [0.4, 0.5) is 17.5 Å². The van der Waals surface area contributed by atoms with E-state index in [1.54, 1.807) is 18.5 Å². The summed E-state index contributed by atoms with van der Waals surface area (Å²) in [5, 5.41) is 22.5. The number of anilines is 3. The van der Waals surface area contributed by atoms with Gasteiger partial charge in [0, 0.05) is 31.2 Å². The first kappa shape index (κ1) is 19.1. The normalized spacial score (nSPS) is 14.4. The van der Waals surface area contributed by atoms with Gasteiger partial charge in [-0.05, 0) is 31.0 Å². The topological polar surface area (TPSA) is 116 Å². The number of fused-ring (bicyclic) bond motifs is 1. The number of likely N-dealkylation sites (N-methyl/N-ethyl adjacent to an activating group) is 1. The maximum Gasteiger partial charge on any atom is 0.352 e. The lowest BCUT2D eigenvalue weighted by atomic mass is 10.2. The molecule has 1 aliphatic carbocycles. The first-order chi connectivity index (χ1) is 14.1. The number of carboxylic acid groups (broad SMARTS) is 1. The molecule has 1 aliphatic rings. The highest BCUT2D eigenvalue weighted by Crippen LogP contribution is 2.34. The Morgan fingerprint density at radius 2 is 2.07 bits per heavy atom. The molecule has 152 valence electrons. The summed E-state index contributed by atoms with van der Waals surface area (Å²) < 4.78 is 1.85. The number of nitrogens with one attached hydrogen (secondary N) is 1. The van der Waals surface area contributed by atoms with Crippen molar-refractivity contribution in [3.05, 3.63) is 36.3 Å². The molecule has 3 aromatic rings. The zero-order valence-electron chi connectivity index (χ0n) is 16.2. The van der Waals surface area contributed by atoms with Crippen LogP contribution >= 0.6 is 0 Å². The van der Waals surface area contributed by atoms with Crippen molar-refractivity contribution in [2.75, 3.05) is 30.4 Å². The average molecular weight is 396 g/mol. The van der Waals surface area contributed by atoms with Crippen LogP contribution in [-0.2, 0) is 0 Å². The molecule has 9 nitrogen and oxygen atoms in total. The molecular formula is C20H24N6O3. The van der Waals surface area contributed by atoms with Gasteiger partial charge < -0.3 is 25.0 Å². The standard InChI is InChI=1S/C20H24N6O3/c1-25(8-9-27)15-6-7-17(21-12-15)23-20-22-11-13-10-16(19(28)29)26(18(13)24-20)14-4-2-3-5-14/h6-7,10-12,14,27H,2-5,8-9H2,1H3,(H,28,29)(H,21,22,23,24). The van der Waals surface area contributed by atoms with Gasteiger partial charge in [-0.3, -0.25) is 0 Å². The molecule has 3 heterocycles. The summed E-state index contributed by atoms with van der Waals surface area (Å²) in [5.41, 5.74) is 1.78. The highest BCUT2D eigenvalue weighted by Gasteiger charge is 2.25. The van der Waals surface area contributed by atoms with Crippen LogP contribution in [0.2, 0.25) is 0 Å². The molecular weight excluding hydrogens is 372 g/mol. The molecule has 0 aliphatic heterocycles. The Morgan fingerprint density at radius 1 is 1.28 bits per heavy atom. The van der Waals surface area contributed by atoms with Gasteiger partial charge >= 0.3 is 5.97 Å². The van der Waals surface area contributed by atoms with Crippen molar-refractivity contribution in [1.29, 1.82) is 0 Å². The molecule has 0 bridgehead atoms. The van der Waals surface area contributed by atoms with Gasteiger partial charge in [-0.2, -0.15) is 4.98 Å². The Bertz CT molecular complexity index is 1010. The second kappa shape index (κ2) is 8.04. The minimum atomic E-state index is -0.950. The van der Waals surface area contributed by atoms with E-state index in [9.17, 15) is 9.90 Å². The van der Waals surface area contributed by atoms with Crippen LogP contribution in [0.1, 0.15) is 42.2 Å². The van der Waals surface area contributed by atoms with Crippen molar-refractivity contribution in [1.82, 2.24) is 19.5 Å². The SMILES string of the molecule is CN(CCO)c1ccc(Nc2ncc3cc(C(=O)O)n(C4CCCC4)c3n2)nc1. The van der Waals surface area contributed by atoms with Crippen molar-refractivity contribution in [2.24, 2.45) is 0 Å². The van der Waals surface area contributed by atoms with E-state index in [4.69, 9.17) is 5.11 Å². The van der Waals surface area contributed by atoms with E-state index in [1.165, 1.54) is 0 Å². The first-order valence-corrected chi connectivity index (χ1v) is 9.73. The number of hydrogen-bond donors (Lipinski definition) is 3. The van der Waals surface area contributed by atoms with E-state index in [0.29, 0.717) is 29.3 Å². The molecule has 0 amide bonds. The smallest absolute Gasteiger partial charge is 0.352 e. The second-order valence-electron chi connectivity index (χ2n) is 7.29. The third-order valence-corrected chi connectivity index (χ3v) is 5.35. The number of carbonyl (C=O) groups is 1. The molecule has 4 rings (SSSR count). The zero-order chi connectivity index (χ0) is 20.4. The van der Waals surface area contributed by atoms with Crippen LogP contribution in [0.15, 0.2) is 30.6 Å². The highest BCUT2D eigenvalue weighted by molar-refractivity contribution is 5.93. The number of aliphatic hydroxyl groups excluding tert-OH is 1. The Morgan fingerprint density at radius 3 is 2.72 bits per heavy atom. The fourth-order valence-corrected chi connectivity index (χ4v) is 3.84. The number of hydrogen-bond acceptors (Lipinski definition) is 7. The highest BCUT2D eigenvalue weighted by atomic mass is 16.4. The number of aromatic nitrogens is 4. The predicted molar refractivity (Wildman–Crippen MR) is 110 cm³/mol. The fraction of sp³-hybridized carbons (Fsp3) is 0.400. The van der Waals surface area contributed by atoms with Gasteiger partial charge in [0.1, 0.15) is 17.2 Å². The van der Waals surface area contributed by atoms with Crippen molar-refractivity contribution < 1.29 is 15.0 Å². The van der Waals surface area contributed by atoms with E-state index < -0.39 is 5.97 Å². The molecule has 0 aromatic carbocycles. The van der Waals surface area contributed by atoms with Gasteiger partial charge in [-0.1, -0.05) is 12.8 Å². The molecule has 0 spiro atoms. The number of carboxylic acids is 1. The van der Waals surface area contributed by atoms with Crippen molar-refractivity contribution in [2.45, 2.75) is 31.7 Å². The number of pyridine rings is 1. The molecule has 0 unspecified atom stereocenters. The molecule has 9 heteroatoms. The fourth-order valence-electron chi connectivity index (χ4n) is 3.84. The number of aromatic carboxylic acids is 1. The van der Waals surface area contributed by atoms with Crippen LogP contribution in [0.3, 0.4) is 0 Å². The molecule has 29 heavy (non-hydrogen) atoms. The van der Waals surface area contributed by atoms with Gasteiger partial charge in [-0.25, -0.2) is 14.8 Å². The molecule has 1 saturated carbocycles. The number of rotatable bonds is 7. The third kappa shape index (κ3) is 3.86. The van der Waals surface area contributed by atoms with Crippen LogP contribution in [-0.4, -0.2) is 55.9 Å². The second-order valence-corrected chi connectivity index (χ2v) is 7.29. The number of nitrogens with zero attached hydrogens (tertiary/aromatic N) is 5. The summed E-state index contributed by atoms with van der Waals surface area (Å²) in [4.78, 5) is 26.9. The molecule has 3 N–H and O–H groups in total. The monoisotopic (exact) mass is 396 g/mol. The maximum atomic E-state index is 11.7. The Hall–Kier alpha value is -3.20. The van der Waals surface area contributed by atoms with E-state index in [2.05, 4.69) is 20.3 Å². The third-order valence-electron chi connectivity index (χ3n) is 5.35. The summed E-state index contributed by atoms with van der Waals surface area (Å²) in [7, 11) is 1.88. The molecule has 1 fully saturated rings. The van der Waals surface area contributed by atoms with Crippen LogP contribution in [0.5, 0.6) is 0 Å². The summed E-state index contributed by atoms with van der Waals surface area (Å²) in [5.74, 6) is 0.00680. The Labute approximate surface area is 168 Å². The van der Waals surface area contributed by atoms with Gasteiger partial charge in [0.05, 0.1) is 18.5 Å². The van der Waals surface area contributed by atoms with Crippen molar-refractivity contribution >= 4 is 34.5 Å². The Balaban J connectivity index is 1.63. The maximum absolute atomic E-state index is 11.7. The lowest BCUT2D eigenvalue weighted by molar-refractivity contribution is 0.0683. The quantitative estimate of drug-likeness (QED) is 0.558. The number of aliphatic hydroxyl groups is 1. The summed E-state index contributed by atoms with van der Waals surface area (Å²) in [6.07, 6.45) is 7.47. The minimum absolute atomic E-state index is 0.0727. The van der Waals surface area contributed by atoms with Crippen molar-refractivity contribution in [3.8, 4) is 0 Å². The van der Waals surface area contributed by atoms with Crippen LogP contribution in [0, 0.1) is 0 Å². The largest absolute Gasteiger partial charge is 0.477 e. The van der Waals surface area contributed by atoms with Crippen LogP contribution in [0.25, 0.3) is 11.0 Å². The van der Waals surface area contributed by atoms with E-state index in [1.807, 2.05) is 28.6 Å². The molecule has 0 saturated heterocycles. The van der Waals surface area contributed by atoms with Gasteiger partial charge in [-0.15, -0.1) is 0 Å². The summed E-state index contributed by atoms with van der Waals surface area (Å²) >= 11 is 0. The Kier molecular flexibility index (Phi) is 5.30.